The minimum Gasteiger partial charge on any atom is -0.488 e. The van der Waals surface area contributed by atoms with Crippen LogP contribution in [0.15, 0.2) is 53.6 Å². The van der Waals surface area contributed by atoms with E-state index in [1.807, 2.05) is 36.0 Å². The second-order valence-electron chi connectivity index (χ2n) is 10.6. The molecule has 1 N–H and O–H groups in total. The van der Waals surface area contributed by atoms with E-state index in [-0.39, 0.29) is 12.5 Å². The van der Waals surface area contributed by atoms with Crippen LogP contribution in [0.2, 0.25) is 5.02 Å². The van der Waals surface area contributed by atoms with Crippen LogP contribution in [0.4, 0.5) is 5.69 Å². The van der Waals surface area contributed by atoms with Gasteiger partial charge in [0.1, 0.15) is 0 Å². The van der Waals surface area contributed by atoms with Gasteiger partial charge in [-0.1, -0.05) is 107 Å². The summed E-state index contributed by atoms with van der Waals surface area (Å²) in [6, 6.07) is 13.3. The Morgan fingerprint density at radius 2 is 1.55 bits per heavy atom. The molecule has 1 aliphatic rings. The molecule has 0 fully saturated rings. The van der Waals surface area contributed by atoms with Gasteiger partial charge in [-0.2, -0.15) is 0 Å². The number of carbonyl (C=O) groups excluding carboxylic acids is 1. The molecule has 1 amide bonds. The van der Waals surface area contributed by atoms with E-state index in [2.05, 4.69) is 29.5 Å². The molecule has 40 heavy (non-hydrogen) atoms. The van der Waals surface area contributed by atoms with Gasteiger partial charge in [-0.15, -0.1) is 11.8 Å². The van der Waals surface area contributed by atoms with Crippen LogP contribution in [0.3, 0.4) is 0 Å². The molecule has 2 aromatic carbocycles. The van der Waals surface area contributed by atoms with Gasteiger partial charge in [0, 0.05) is 17.9 Å². The second-order valence-corrected chi connectivity index (χ2v) is 11.8. The number of hydrogen-bond donors (Lipinski definition) is 1. The zero-order valence-electron chi connectivity index (χ0n) is 24.4. The number of allylic oxidation sites excluding steroid dienone is 1. The largest absolute Gasteiger partial charge is 0.488 e. The first-order valence-corrected chi connectivity index (χ1v) is 16.5. The summed E-state index contributed by atoms with van der Waals surface area (Å²) in [6.07, 6.45) is 15.6. The van der Waals surface area contributed by atoms with Gasteiger partial charge in [0.05, 0.1) is 17.5 Å². The summed E-state index contributed by atoms with van der Waals surface area (Å²) in [5.41, 5.74) is 3.24. The number of ether oxygens (including phenoxy) is 2. The number of rotatable bonds is 20. The van der Waals surface area contributed by atoms with Crippen LogP contribution in [-0.2, 0) is 11.3 Å². The smallest absolute Gasteiger partial charge is 0.262 e. The van der Waals surface area contributed by atoms with E-state index in [0.29, 0.717) is 23.1 Å². The topological polar surface area (TPSA) is 50.8 Å². The molecule has 0 aromatic heterocycles. The quantitative estimate of drug-likeness (QED) is 0.156. The molecule has 0 saturated heterocycles. The number of nitrogens with one attached hydrogen (secondary N) is 1. The number of amides is 1. The first kappa shape index (κ1) is 32.2. The molecule has 0 aliphatic carbocycles. The summed E-state index contributed by atoms with van der Waals surface area (Å²) >= 11 is 8.21. The van der Waals surface area contributed by atoms with Gasteiger partial charge in [-0.25, -0.2) is 0 Å². The van der Waals surface area contributed by atoms with Gasteiger partial charge in [0.2, 0.25) is 0 Å². The molecule has 3 rings (SSSR count). The Hall–Kier alpha value is -2.31. The van der Waals surface area contributed by atoms with E-state index in [1.54, 1.807) is 18.2 Å². The minimum absolute atomic E-state index is 0.119. The van der Waals surface area contributed by atoms with Gasteiger partial charge in [-0.05, 0) is 48.6 Å². The average molecular weight is 587 g/mol. The lowest BCUT2D eigenvalue weighted by atomic mass is 10.1. The van der Waals surface area contributed by atoms with Crippen LogP contribution in [0.1, 0.15) is 96.5 Å². The highest BCUT2D eigenvalue weighted by molar-refractivity contribution is 8.02. The third-order valence-electron chi connectivity index (χ3n) is 7.13. The Morgan fingerprint density at radius 1 is 0.900 bits per heavy atom. The Labute approximate surface area is 251 Å². The van der Waals surface area contributed by atoms with Gasteiger partial charge in [0.25, 0.3) is 5.91 Å². The van der Waals surface area contributed by atoms with Crippen molar-refractivity contribution in [2.75, 3.05) is 24.4 Å². The maximum Gasteiger partial charge on any atom is 0.262 e. The van der Waals surface area contributed by atoms with Gasteiger partial charge in [0.15, 0.2) is 18.1 Å². The van der Waals surface area contributed by atoms with Crippen molar-refractivity contribution in [1.29, 1.82) is 0 Å². The molecular formula is C33H47ClN2O3S. The summed E-state index contributed by atoms with van der Waals surface area (Å²) in [5, 5.41) is 5.58. The number of thioether (sulfide) groups is 1. The van der Waals surface area contributed by atoms with E-state index >= 15 is 0 Å². The third kappa shape index (κ3) is 12.1. The Morgan fingerprint density at radius 3 is 2.17 bits per heavy atom. The number of carbonyl (C=O) groups is 1. The van der Waals surface area contributed by atoms with Crippen molar-refractivity contribution in [3.05, 3.63) is 64.2 Å². The number of para-hydroxylation sites is 1. The predicted molar refractivity (Wildman–Crippen MR) is 170 cm³/mol. The van der Waals surface area contributed by atoms with Gasteiger partial charge in [-0.3, -0.25) is 4.79 Å². The van der Waals surface area contributed by atoms with Crippen molar-refractivity contribution >= 4 is 35.0 Å². The third-order valence-corrected chi connectivity index (χ3v) is 8.39. The summed E-state index contributed by atoms with van der Waals surface area (Å²) in [7, 11) is 0. The first-order valence-electron chi connectivity index (χ1n) is 15.0. The molecular weight excluding hydrogens is 540 g/mol. The molecule has 1 heterocycles. The molecule has 5 nitrogen and oxygen atoms in total. The molecule has 0 saturated carbocycles. The zero-order chi connectivity index (χ0) is 28.4. The number of nitrogens with zero attached hydrogens (tertiary/aromatic N) is 1. The lowest BCUT2D eigenvalue weighted by Gasteiger charge is -2.19. The predicted octanol–water partition coefficient (Wildman–Crippen LogP) is 9.80. The molecule has 7 heteroatoms. The van der Waals surface area contributed by atoms with Crippen LogP contribution >= 0.6 is 23.4 Å². The second kappa shape index (κ2) is 18.9. The van der Waals surface area contributed by atoms with Gasteiger partial charge >= 0.3 is 0 Å². The Balaban J connectivity index is 1.31. The summed E-state index contributed by atoms with van der Waals surface area (Å²) < 4.78 is 11.8. The van der Waals surface area contributed by atoms with E-state index in [0.717, 1.165) is 31.0 Å². The molecule has 2 aromatic rings. The summed E-state index contributed by atoms with van der Waals surface area (Å²) in [5.74, 6) is 1.75. The van der Waals surface area contributed by atoms with Crippen LogP contribution in [0.5, 0.6) is 11.5 Å². The van der Waals surface area contributed by atoms with E-state index < -0.39 is 0 Å². The Bertz CT molecular complexity index is 1040. The van der Waals surface area contributed by atoms with Crippen LogP contribution in [0, 0.1) is 0 Å². The lowest BCUT2D eigenvalue weighted by molar-refractivity contribution is -0.118. The van der Waals surface area contributed by atoms with Crippen LogP contribution in [-0.4, -0.2) is 29.9 Å². The fraction of sp³-hybridized carbons (Fsp3) is 0.545. The van der Waals surface area contributed by atoms with Crippen molar-refractivity contribution < 1.29 is 14.3 Å². The molecule has 0 bridgehead atoms. The number of hydrogen-bond acceptors (Lipinski definition) is 5. The average Bonchev–Trinajstić information content (AvgIpc) is 3.36. The molecule has 220 valence electrons. The van der Waals surface area contributed by atoms with Crippen molar-refractivity contribution in [2.45, 2.75) is 97.4 Å². The maximum absolute atomic E-state index is 12.5. The number of benzene rings is 2. The SMILES string of the molecule is CCCCCCCCCCCCCCOc1c(Cl)cccc1OCC(=O)Nc1ccc(CN2CSC=C2C)cc1. The number of halogens is 1. The lowest BCUT2D eigenvalue weighted by Crippen LogP contribution is -2.20. The molecule has 0 unspecified atom stereocenters. The van der Waals surface area contributed by atoms with Crippen LogP contribution < -0.4 is 14.8 Å². The highest BCUT2D eigenvalue weighted by Gasteiger charge is 2.13. The van der Waals surface area contributed by atoms with Gasteiger partial charge < -0.3 is 19.7 Å². The molecule has 0 radical (unpaired) electrons. The minimum atomic E-state index is -0.227. The van der Waals surface area contributed by atoms with Crippen molar-refractivity contribution in [3.63, 3.8) is 0 Å². The highest BCUT2D eigenvalue weighted by atomic mass is 35.5. The summed E-state index contributed by atoms with van der Waals surface area (Å²) in [4.78, 5) is 14.9. The molecule has 0 spiro atoms. The molecule has 1 aliphatic heterocycles. The zero-order valence-corrected chi connectivity index (χ0v) is 26.0. The Kier molecular flexibility index (Phi) is 15.2. The maximum atomic E-state index is 12.5. The fourth-order valence-corrected chi connectivity index (χ4v) is 5.87. The van der Waals surface area contributed by atoms with Crippen LogP contribution in [0.25, 0.3) is 0 Å². The van der Waals surface area contributed by atoms with Crippen molar-refractivity contribution in [1.82, 2.24) is 4.90 Å². The summed E-state index contributed by atoms with van der Waals surface area (Å²) in [6.45, 7) is 5.73. The number of unbranched alkanes of at least 4 members (excludes halogenated alkanes) is 11. The normalized spacial score (nSPS) is 12.9. The van der Waals surface area contributed by atoms with E-state index in [9.17, 15) is 4.79 Å². The standard InChI is InChI=1S/C33H47ClN2O3S/c1-3-4-5-6-7-8-9-10-11-12-13-14-22-38-33-30(34)16-15-17-31(33)39-24-32(37)35-29-20-18-28(19-21-29)23-36-26-40-25-27(36)2/h15-21,25H,3-14,22-24,26H2,1-2H3,(H,35,37). The molecule has 0 atom stereocenters. The fourth-order valence-electron chi connectivity index (χ4n) is 4.71. The van der Waals surface area contributed by atoms with Crippen molar-refractivity contribution in [3.8, 4) is 11.5 Å². The highest BCUT2D eigenvalue weighted by Crippen LogP contribution is 2.35. The van der Waals surface area contributed by atoms with Crippen molar-refractivity contribution in [2.24, 2.45) is 0 Å². The monoisotopic (exact) mass is 586 g/mol. The number of anilines is 1. The van der Waals surface area contributed by atoms with E-state index in [4.69, 9.17) is 21.1 Å². The first-order chi connectivity index (χ1) is 19.6. The van der Waals surface area contributed by atoms with E-state index in [1.165, 1.54) is 75.5 Å².